The standard InChI is InChI=1S/C23H30N4O4/c1-15(2)26-23(29)27-13-18(17-9-7-10-20(30-3)21(17)31-4)19(14-27)22(28)25-12-16-8-5-6-11-24-16/h5-11,15,18-19H,12-14H2,1-4H3,(H,25,28)(H,26,29). The Morgan fingerprint density at radius 2 is 1.94 bits per heavy atom. The van der Waals surface area contributed by atoms with Gasteiger partial charge < -0.3 is 25.0 Å². The summed E-state index contributed by atoms with van der Waals surface area (Å²) < 4.78 is 11.0. The first-order valence-electron chi connectivity index (χ1n) is 10.4. The molecule has 2 atom stereocenters. The van der Waals surface area contributed by atoms with E-state index in [1.54, 1.807) is 25.3 Å². The largest absolute Gasteiger partial charge is 0.493 e. The van der Waals surface area contributed by atoms with Crippen molar-refractivity contribution >= 4 is 11.9 Å². The molecule has 2 N–H and O–H groups in total. The smallest absolute Gasteiger partial charge is 0.317 e. The SMILES string of the molecule is COc1cccc(C2CN(C(=O)NC(C)C)CC2C(=O)NCc2ccccn2)c1OC. The third-order valence-electron chi connectivity index (χ3n) is 5.36. The Hall–Kier alpha value is -3.29. The fourth-order valence-corrected chi connectivity index (χ4v) is 3.90. The van der Waals surface area contributed by atoms with E-state index in [4.69, 9.17) is 9.47 Å². The van der Waals surface area contributed by atoms with Crippen LogP contribution < -0.4 is 20.1 Å². The molecule has 1 aromatic carbocycles. The van der Waals surface area contributed by atoms with Crippen LogP contribution in [0.4, 0.5) is 4.79 Å². The van der Waals surface area contributed by atoms with E-state index in [9.17, 15) is 9.59 Å². The van der Waals surface area contributed by atoms with Gasteiger partial charge in [-0.05, 0) is 32.0 Å². The molecule has 0 bridgehead atoms. The summed E-state index contributed by atoms with van der Waals surface area (Å²) in [5.41, 5.74) is 1.62. The number of benzene rings is 1. The fourth-order valence-electron chi connectivity index (χ4n) is 3.90. The molecule has 1 fully saturated rings. The Labute approximate surface area is 182 Å². The van der Waals surface area contributed by atoms with Gasteiger partial charge in [0.05, 0.1) is 32.4 Å². The van der Waals surface area contributed by atoms with E-state index in [1.807, 2.05) is 50.2 Å². The molecule has 1 aromatic heterocycles. The molecule has 1 saturated heterocycles. The van der Waals surface area contributed by atoms with Crippen molar-refractivity contribution in [2.75, 3.05) is 27.3 Å². The molecule has 8 nitrogen and oxygen atoms in total. The Kier molecular flexibility index (Phi) is 7.33. The van der Waals surface area contributed by atoms with Crippen LogP contribution in [0.5, 0.6) is 11.5 Å². The van der Waals surface area contributed by atoms with Crippen LogP contribution in [0.3, 0.4) is 0 Å². The first kappa shape index (κ1) is 22.4. The summed E-state index contributed by atoms with van der Waals surface area (Å²) in [4.78, 5) is 31.8. The molecular weight excluding hydrogens is 396 g/mol. The van der Waals surface area contributed by atoms with Crippen molar-refractivity contribution in [1.82, 2.24) is 20.5 Å². The van der Waals surface area contributed by atoms with Gasteiger partial charge in [-0.2, -0.15) is 0 Å². The van der Waals surface area contributed by atoms with E-state index in [0.29, 0.717) is 31.1 Å². The van der Waals surface area contributed by atoms with Crippen molar-refractivity contribution < 1.29 is 19.1 Å². The number of carbonyl (C=O) groups excluding carboxylic acids is 2. The van der Waals surface area contributed by atoms with Crippen LogP contribution >= 0.6 is 0 Å². The van der Waals surface area contributed by atoms with Gasteiger partial charge in [0.15, 0.2) is 11.5 Å². The third-order valence-corrected chi connectivity index (χ3v) is 5.36. The summed E-state index contributed by atoms with van der Waals surface area (Å²) in [5.74, 6) is 0.399. The van der Waals surface area contributed by atoms with Gasteiger partial charge in [0, 0.05) is 36.8 Å². The van der Waals surface area contributed by atoms with E-state index in [-0.39, 0.29) is 23.9 Å². The number of para-hydroxylation sites is 1. The summed E-state index contributed by atoms with van der Waals surface area (Å²) in [5, 5.41) is 5.89. The van der Waals surface area contributed by atoms with Gasteiger partial charge in [0.25, 0.3) is 0 Å². The zero-order chi connectivity index (χ0) is 22.4. The van der Waals surface area contributed by atoms with E-state index in [0.717, 1.165) is 11.3 Å². The molecule has 2 aromatic rings. The molecule has 166 valence electrons. The number of nitrogens with zero attached hydrogens (tertiary/aromatic N) is 2. The number of urea groups is 1. The molecule has 3 amide bonds. The Morgan fingerprint density at radius 3 is 2.58 bits per heavy atom. The molecule has 1 aliphatic heterocycles. The minimum Gasteiger partial charge on any atom is -0.493 e. The lowest BCUT2D eigenvalue weighted by Crippen LogP contribution is -2.42. The molecule has 2 unspecified atom stereocenters. The Bertz CT molecular complexity index is 904. The Balaban J connectivity index is 1.86. The summed E-state index contributed by atoms with van der Waals surface area (Å²) in [6.07, 6.45) is 1.69. The fraction of sp³-hybridized carbons (Fsp3) is 0.435. The summed E-state index contributed by atoms with van der Waals surface area (Å²) in [6, 6.07) is 11.0. The number of hydrogen-bond donors (Lipinski definition) is 2. The van der Waals surface area contributed by atoms with E-state index in [2.05, 4.69) is 15.6 Å². The lowest BCUT2D eigenvalue weighted by Gasteiger charge is -2.21. The molecule has 0 spiro atoms. The first-order chi connectivity index (χ1) is 14.9. The highest BCUT2D eigenvalue weighted by Gasteiger charge is 2.42. The minimum absolute atomic E-state index is 0.00865. The number of nitrogens with one attached hydrogen (secondary N) is 2. The van der Waals surface area contributed by atoms with Gasteiger partial charge in [-0.15, -0.1) is 0 Å². The van der Waals surface area contributed by atoms with Gasteiger partial charge in [0.1, 0.15) is 0 Å². The maximum Gasteiger partial charge on any atom is 0.317 e. The number of carbonyl (C=O) groups is 2. The maximum atomic E-state index is 13.2. The molecule has 31 heavy (non-hydrogen) atoms. The number of rotatable bonds is 7. The van der Waals surface area contributed by atoms with Crippen LogP contribution in [-0.2, 0) is 11.3 Å². The second kappa shape index (κ2) is 10.1. The number of amides is 3. The molecule has 1 aliphatic rings. The van der Waals surface area contributed by atoms with Crippen molar-refractivity contribution in [3.05, 3.63) is 53.9 Å². The van der Waals surface area contributed by atoms with Crippen molar-refractivity contribution in [2.45, 2.75) is 32.4 Å². The van der Waals surface area contributed by atoms with Gasteiger partial charge in [0.2, 0.25) is 5.91 Å². The minimum atomic E-state index is -0.428. The van der Waals surface area contributed by atoms with Crippen molar-refractivity contribution in [1.29, 1.82) is 0 Å². The average molecular weight is 427 g/mol. The lowest BCUT2D eigenvalue weighted by atomic mass is 9.87. The second-order valence-electron chi connectivity index (χ2n) is 7.84. The number of hydrogen-bond acceptors (Lipinski definition) is 5. The van der Waals surface area contributed by atoms with Crippen LogP contribution in [0.25, 0.3) is 0 Å². The zero-order valence-corrected chi connectivity index (χ0v) is 18.4. The summed E-state index contributed by atoms with van der Waals surface area (Å²) in [7, 11) is 3.16. The van der Waals surface area contributed by atoms with Crippen molar-refractivity contribution in [2.24, 2.45) is 5.92 Å². The van der Waals surface area contributed by atoms with Crippen LogP contribution in [0.15, 0.2) is 42.6 Å². The van der Waals surface area contributed by atoms with E-state index in [1.165, 1.54) is 0 Å². The summed E-state index contributed by atoms with van der Waals surface area (Å²) in [6.45, 7) is 4.87. The van der Waals surface area contributed by atoms with Crippen LogP contribution in [-0.4, -0.2) is 55.2 Å². The van der Waals surface area contributed by atoms with E-state index >= 15 is 0 Å². The van der Waals surface area contributed by atoms with Gasteiger partial charge >= 0.3 is 6.03 Å². The number of methoxy groups -OCH3 is 2. The highest BCUT2D eigenvalue weighted by molar-refractivity contribution is 5.83. The van der Waals surface area contributed by atoms with Crippen LogP contribution in [0.1, 0.15) is 31.0 Å². The van der Waals surface area contributed by atoms with Crippen LogP contribution in [0, 0.1) is 5.92 Å². The van der Waals surface area contributed by atoms with Crippen molar-refractivity contribution in [3.63, 3.8) is 0 Å². The Morgan fingerprint density at radius 1 is 1.13 bits per heavy atom. The molecule has 0 aliphatic carbocycles. The molecular formula is C23H30N4O4. The maximum absolute atomic E-state index is 13.2. The quantitative estimate of drug-likeness (QED) is 0.710. The molecule has 8 heteroatoms. The number of likely N-dealkylation sites (tertiary alicyclic amines) is 1. The van der Waals surface area contributed by atoms with Gasteiger partial charge in [-0.3, -0.25) is 9.78 Å². The number of aromatic nitrogens is 1. The number of pyridine rings is 1. The predicted molar refractivity (Wildman–Crippen MR) is 117 cm³/mol. The van der Waals surface area contributed by atoms with E-state index < -0.39 is 5.92 Å². The normalized spacial score (nSPS) is 18.0. The third kappa shape index (κ3) is 5.25. The van der Waals surface area contributed by atoms with Crippen molar-refractivity contribution in [3.8, 4) is 11.5 Å². The van der Waals surface area contributed by atoms with Gasteiger partial charge in [-0.25, -0.2) is 4.79 Å². The topological polar surface area (TPSA) is 92.8 Å². The lowest BCUT2D eigenvalue weighted by molar-refractivity contribution is -0.125. The predicted octanol–water partition coefficient (Wildman–Crippen LogP) is 2.55. The van der Waals surface area contributed by atoms with Crippen LogP contribution in [0.2, 0.25) is 0 Å². The first-order valence-corrected chi connectivity index (χ1v) is 10.4. The monoisotopic (exact) mass is 426 g/mol. The number of ether oxygens (including phenoxy) is 2. The molecule has 2 heterocycles. The molecule has 0 radical (unpaired) electrons. The zero-order valence-electron chi connectivity index (χ0n) is 18.4. The summed E-state index contributed by atoms with van der Waals surface area (Å²) >= 11 is 0. The highest BCUT2D eigenvalue weighted by atomic mass is 16.5. The second-order valence-corrected chi connectivity index (χ2v) is 7.84. The molecule has 3 rings (SSSR count). The van der Waals surface area contributed by atoms with Gasteiger partial charge in [-0.1, -0.05) is 18.2 Å². The molecule has 0 saturated carbocycles. The average Bonchev–Trinajstić information content (AvgIpc) is 3.22. The highest BCUT2D eigenvalue weighted by Crippen LogP contribution is 2.42.